The van der Waals surface area contributed by atoms with Gasteiger partial charge < -0.3 is 19.9 Å². The fraction of sp³-hybridized carbons (Fsp3) is 0.333. The molecule has 3 aromatic carbocycles. The van der Waals surface area contributed by atoms with Crippen molar-refractivity contribution in [1.29, 1.82) is 0 Å². The minimum absolute atomic E-state index is 0.0181. The van der Waals surface area contributed by atoms with E-state index in [0.717, 1.165) is 37.2 Å². The summed E-state index contributed by atoms with van der Waals surface area (Å²) in [6, 6.07) is 22.4. The summed E-state index contributed by atoms with van der Waals surface area (Å²) in [5, 5.41) is 10.1. The molecule has 1 saturated heterocycles. The number of anilines is 2. The van der Waals surface area contributed by atoms with Crippen LogP contribution in [0, 0.1) is 5.92 Å². The van der Waals surface area contributed by atoms with Crippen LogP contribution in [0.2, 0.25) is 0 Å². The molecule has 42 heavy (non-hydrogen) atoms. The summed E-state index contributed by atoms with van der Waals surface area (Å²) in [7, 11) is 1.63. The van der Waals surface area contributed by atoms with Crippen LogP contribution in [-0.2, 0) is 16.8 Å². The van der Waals surface area contributed by atoms with Gasteiger partial charge in [0.2, 0.25) is 17.6 Å². The topological polar surface area (TPSA) is 110 Å². The molecule has 218 valence electrons. The van der Waals surface area contributed by atoms with Crippen molar-refractivity contribution in [2.45, 2.75) is 45.6 Å². The van der Waals surface area contributed by atoms with Gasteiger partial charge in [0, 0.05) is 28.4 Å². The van der Waals surface area contributed by atoms with Gasteiger partial charge in [-0.3, -0.25) is 14.5 Å². The van der Waals surface area contributed by atoms with Crippen LogP contribution in [0.25, 0.3) is 11.4 Å². The van der Waals surface area contributed by atoms with Crippen molar-refractivity contribution >= 4 is 23.2 Å². The second-order valence-electron chi connectivity index (χ2n) is 11.6. The molecule has 0 spiro atoms. The van der Waals surface area contributed by atoms with E-state index in [-0.39, 0.29) is 23.1 Å². The van der Waals surface area contributed by atoms with Gasteiger partial charge in [-0.15, -0.1) is 0 Å². The monoisotopic (exact) mass is 567 g/mol. The molecular weight excluding hydrogens is 530 g/mol. The maximum atomic E-state index is 13.0. The van der Waals surface area contributed by atoms with E-state index >= 15 is 0 Å². The van der Waals surface area contributed by atoms with Crippen molar-refractivity contribution in [2.75, 3.05) is 30.8 Å². The Morgan fingerprint density at radius 2 is 1.62 bits per heavy atom. The molecule has 4 aromatic rings. The lowest BCUT2D eigenvalue weighted by molar-refractivity contribution is -0.121. The predicted octanol–water partition coefficient (Wildman–Crippen LogP) is 6.15. The summed E-state index contributed by atoms with van der Waals surface area (Å²) in [4.78, 5) is 32.6. The van der Waals surface area contributed by atoms with Crippen LogP contribution in [0.15, 0.2) is 77.3 Å². The molecule has 9 nitrogen and oxygen atoms in total. The molecule has 2 amide bonds. The zero-order valence-electron chi connectivity index (χ0n) is 24.5. The number of amides is 2. The van der Waals surface area contributed by atoms with Crippen LogP contribution in [0.4, 0.5) is 11.4 Å². The zero-order chi connectivity index (χ0) is 29.7. The predicted molar refractivity (Wildman–Crippen MR) is 162 cm³/mol. The molecule has 5 rings (SSSR count). The van der Waals surface area contributed by atoms with Gasteiger partial charge in [0.05, 0.1) is 13.7 Å². The molecule has 9 heteroatoms. The van der Waals surface area contributed by atoms with E-state index in [1.807, 2.05) is 66.7 Å². The smallest absolute Gasteiger partial charge is 0.255 e. The lowest BCUT2D eigenvalue weighted by Crippen LogP contribution is -2.37. The largest absolute Gasteiger partial charge is 0.497 e. The minimum Gasteiger partial charge on any atom is -0.497 e. The van der Waals surface area contributed by atoms with Gasteiger partial charge in [0.1, 0.15) is 5.75 Å². The van der Waals surface area contributed by atoms with E-state index in [4.69, 9.17) is 9.26 Å². The van der Waals surface area contributed by atoms with Crippen LogP contribution in [-0.4, -0.2) is 47.1 Å². The van der Waals surface area contributed by atoms with Crippen LogP contribution in [0.1, 0.15) is 55.4 Å². The summed E-state index contributed by atoms with van der Waals surface area (Å²) in [6.07, 6.45) is 1.46. The average Bonchev–Trinajstić information content (AvgIpc) is 3.46. The molecule has 2 heterocycles. The third-order valence-corrected chi connectivity index (χ3v) is 7.53. The number of ether oxygens (including phenoxy) is 1. The van der Waals surface area contributed by atoms with E-state index in [1.54, 1.807) is 13.2 Å². The molecule has 0 unspecified atom stereocenters. The summed E-state index contributed by atoms with van der Waals surface area (Å²) >= 11 is 0. The first-order valence-electron chi connectivity index (χ1n) is 14.2. The van der Waals surface area contributed by atoms with Gasteiger partial charge in [-0.2, -0.15) is 4.98 Å². The Balaban J connectivity index is 1.10. The molecule has 1 fully saturated rings. The number of methoxy groups -OCH3 is 1. The fourth-order valence-electron chi connectivity index (χ4n) is 4.96. The summed E-state index contributed by atoms with van der Waals surface area (Å²) in [5.74, 6) is 1.55. The number of nitrogens with zero attached hydrogens (tertiary/aromatic N) is 3. The second-order valence-corrected chi connectivity index (χ2v) is 11.6. The van der Waals surface area contributed by atoms with Gasteiger partial charge in [0.25, 0.3) is 5.91 Å². The Morgan fingerprint density at radius 1 is 0.952 bits per heavy atom. The van der Waals surface area contributed by atoms with Gasteiger partial charge in [0.15, 0.2) is 0 Å². The Bertz CT molecular complexity index is 1520. The highest BCUT2D eigenvalue weighted by molar-refractivity contribution is 6.04. The normalized spacial score (nSPS) is 14.4. The number of benzene rings is 3. The van der Waals surface area contributed by atoms with Crippen LogP contribution in [0.3, 0.4) is 0 Å². The second kappa shape index (κ2) is 12.6. The van der Waals surface area contributed by atoms with Crippen molar-refractivity contribution < 1.29 is 18.8 Å². The van der Waals surface area contributed by atoms with Crippen molar-refractivity contribution in [3.8, 4) is 17.1 Å². The molecule has 0 radical (unpaired) electrons. The number of aromatic nitrogens is 2. The molecular formula is C33H37N5O4. The first kappa shape index (κ1) is 29.0. The number of carbonyl (C=O) groups is 2. The zero-order valence-corrected chi connectivity index (χ0v) is 24.5. The first-order chi connectivity index (χ1) is 20.2. The minimum atomic E-state index is -0.191. The van der Waals surface area contributed by atoms with Crippen LogP contribution >= 0.6 is 0 Å². The Kier molecular flexibility index (Phi) is 8.68. The molecule has 1 aromatic heterocycles. The van der Waals surface area contributed by atoms with Gasteiger partial charge in [-0.25, -0.2) is 0 Å². The molecule has 1 aliphatic heterocycles. The lowest BCUT2D eigenvalue weighted by atomic mass is 9.87. The number of piperidine rings is 1. The maximum absolute atomic E-state index is 13.0. The molecule has 1 aliphatic rings. The molecule has 0 aliphatic carbocycles. The number of likely N-dealkylation sites (tertiary alicyclic amines) is 1. The summed E-state index contributed by atoms with van der Waals surface area (Å²) in [6.45, 7) is 8.46. The third kappa shape index (κ3) is 7.22. The van der Waals surface area contributed by atoms with Crippen molar-refractivity contribution in [2.24, 2.45) is 5.92 Å². The first-order valence-corrected chi connectivity index (χ1v) is 14.2. The van der Waals surface area contributed by atoms with E-state index < -0.39 is 0 Å². The summed E-state index contributed by atoms with van der Waals surface area (Å²) in [5.41, 5.74) is 3.92. The van der Waals surface area contributed by atoms with Crippen molar-refractivity contribution in [3.63, 3.8) is 0 Å². The molecule has 2 N–H and O–H groups in total. The highest BCUT2D eigenvalue weighted by Gasteiger charge is 2.26. The Morgan fingerprint density at radius 3 is 2.26 bits per heavy atom. The van der Waals surface area contributed by atoms with Gasteiger partial charge in [-0.1, -0.05) is 44.1 Å². The Labute approximate surface area is 246 Å². The number of hydrogen-bond acceptors (Lipinski definition) is 7. The van der Waals surface area contributed by atoms with Crippen LogP contribution in [0.5, 0.6) is 5.75 Å². The van der Waals surface area contributed by atoms with E-state index in [0.29, 0.717) is 35.2 Å². The number of rotatable bonds is 8. The number of hydrogen-bond donors (Lipinski definition) is 2. The molecule has 0 atom stereocenters. The SMILES string of the molecule is COc1ccc(-c2noc(CN3CCC(C(=O)Nc4cccc(NC(=O)c5ccc(C(C)(C)C)cc5)c4)CC3)n2)cc1. The highest BCUT2D eigenvalue weighted by atomic mass is 16.5. The van der Waals surface area contributed by atoms with E-state index in [2.05, 4.69) is 46.4 Å². The maximum Gasteiger partial charge on any atom is 0.255 e. The van der Waals surface area contributed by atoms with E-state index in [1.165, 1.54) is 5.56 Å². The fourth-order valence-corrected chi connectivity index (χ4v) is 4.96. The number of nitrogens with one attached hydrogen (secondary N) is 2. The van der Waals surface area contributed by atoms with Gasteiger partial charge >= 0.3 is 0 Å². The number of carbonyl (C=O) groups excluding carboxylic acids is 2. The molecule has 0 bridgehead atoms. The highest BCUT2D eigenvalue weighted by Crippen LogP contribution is 2.25. The van der Waals surface area contributed by atoms with Crippen molar-refractivity contribution in [1.82, 2.24) is 15.0 Å². The van der Waals surface area contributed by atoms with E-state index in [9.17, 15) is 9.59 Å². The summed E-state index contributed by atoms with van der Waals surface area (Å²) < 4.78 is 10.7. The van der Waals surface area contributed by atoms with Crippen LogP contribution < -0.4 is 15.4 Å². The lowest BCUT2D eigenvalue weighted by Gasteiger charge is -2.30. The third-order valence-electron chi connectivity index (χ3n) is 7.53. The quantitative estimate of drug-likeness (QED) is 0.263. The average molecular weight is 568 g/mol. The molecule has 0 saturated carbocycles. The van der Waals surface area contributed by atoms with Gasteiger partial charge in [-0.05, 0) is 91.5 Å². The standard InChI is InChI=1S/C33H37N5O4/c1-33(2,3)25-12-8-23(9-13-25)31(39)34-26-6-5-7-27(20-26)35-32(40)24-16-18-38(19-17-24)21-29-36-30(37-42-29)22-10-14-28(41-4)15-11-22/h5-15,20,24H,16-19,21H2,1-4H3,(H,34,39)(H,35,40). The van der Waals surface area contributed by atoms with Crippen molar-refractivity contribution in [3.05, 3.63) is 89.8 Å². The Hall–Kier alpha value is -4.50.